The largest absolute Gasteiger partial charge is 0.492 e. The molecule has 8 atom stereocenters. The van der Waals surface area contributed by atoms with Crippen LogP contribution in [0.2, 0.25) is 0 Å². The van der Waals surface area contributed by atoms with E-state index in [1.807, 2.05) is 13.8 Å². The molecule has 0 aliphatic carbocycles. The van der Waals surface area contributed by atoms with Crippen LogP contribution in [0.4, 0.5) is 0 Å². The molecule has 0 aromatic heterocycles. The van der Waals surface area contributed by atoms with Crippen molar-refractivity contribution in [3.05, 3.63) is 29.8 Å². The van der Waals surface area contributed by atoms with E-state index in [0.717, 1.165) is 5.56 Å². The molecule has 1 aromatic rings. The van der Waals surface area contributed by atoms with Crippen molar-refractivity contribution >= 4 is 16.9 Å². The molecular weight excluding hydrogens is 538 g/mol. The zero-order valence-corrected chi connectivity index (χ0v) is 22.9. The van der Waals surface area contributed by atoms with E-state index >= 15 is 0 Å². The Morgan fingerprint density at radius 1 is 0.769 bits per heavy atom. The molecule has 226 valence electrons. The predicted molar refractivity (Wildman–Crippen MR) is 142 cm³/mol. The third-order valence-electron chi connectivity index (χ3n) is 5.99. The summed E-state index contributed by atoms with van der Waals surface area (Å²) < 4.78 is 5.70. The summed E-state index contributed by atoms with van der Waals surface area (Å²) in [5, 5.41) is 97.9. The van der Waals surface area contributed by atoms with Crippen molar-refractivity contribution in [1.82, 2.24) is 4.90 Å². The minimum absolute atomic E-state index is 0.00913. The first-order valence-electron chi connectivity index (χ1n) is 12.6. The molecule has 10 N–H and O–H groups in total. The number of carbonyl (C=O) groups excluding carboxylic acids is 1. The number of carbonyl (C=O) groups is 1. The lowest BCUT2D eigenvalue weighted by molar-refractivity contribution is -0.130. The summed E-state index contributed by atoms with van der Waals surface area (Å²) in [7, 11) is 0. The smallest absolute Gasteiger partial charge is 0.191 e. The van der Waals surface area contributed by atoms with Gasteiger partial charge in [0.1, 0.15) is 49.0 Å². The van der Waals surface area contributed by atoms with Crippen molar-refractivity contribution < 1.29 is 60.6 Å². The molecule has 0 aliphatic rings. The Kier molecular flexibility index (Phi) is 16.5. The van der Waals surface area contributed by atoms with Crippen molar-refractivity contribution in [1.29, 1.82) is 0 Å². The minimum Gasteiger partial charge on any atom is -0.492 e. The van der Waals surface area contributed by atoms with Gasteiger partial charge in [-0.2, -0.15) is 0 Å². The topological polar surface area (TPSA) is 232 Å². The summed E-state index contributed by atoms with van der Waals surface area (Å²) in [5.74, 6) is 0.938. The fraction of sp³-hybridized carbons (Fsp3) is 0.720. The van der Waals surface area contributed by atoms with Crippen LogP contribution in [0.25, 0.3) is 0 Å². The maximum Gasteiger partial charge on any atom is 0.191 e. The molecule has 0 spiro atoms. The SMILES string of the molecule is CC(C)C(=O)SCc1ccc(OCCN(CC(O)C(O)C(O)C(O)CO)CC(O)C(O)C(O)C(O)CO)cc1. The van der Waals surface area contributed by atoms with E-state index in [4.69, 9.17) is 14.9 Å². The van der Waals surface area contributed by atoms with Crippen LogP contribution in [0, 0.1) is 5.92 Å². The summed E-state index contributed by atoms with van der Waals surface area (Å²) in [4.78, 5) is 13.1. The van der Waals surface area contributed by atoms with E-state index in [9.17, 15) is 45.6 Å². The average molecular weight is 582 g/mol. The van der Waals surface area contributed by atoms with Gasteiger partial charge in [-0.3, -0.25) is 9.69 Å². The van der Waals surface area contributed by atoms with Crippen molar-refractivity contribution in [3.63, 3.8) is 0 Å². The first-order valence-corrected chi connectivity index (χ1v) is 13.6. The number of hydrogen-bond acceptors (Lipinski definition) is 14. The number of benzene rings is 1. The second-order valence-corrected chi connectivity index (χ2v) is 10.6. The lowest BCUT2D eigenvalue weighted by atomic mass is 10.0. The van der Waals surface area contributed by atoms with Gasteiger partial charge in [0, 0.05) is 31.3 Å². The molecule has 1 aromatic carbocycles. The Labute approximate surface area is 231 Å². The van der Waals surface area contributed by atoms with Gasteiger partial charge in [-0.1, -0.05) is 37.7 Å². The lowest BCUT2D eigenvalue weighted by Crippen LogP contribution is -2.53. The Hall–Kier alpha value is -1.40. The van der Waals surface area contributed by atoms with Gasteiger partial charge in [0.15, 0.2) is 5.12 Å². The van der Waals surface area contributed by atoms with E-state index in [1.165, 1.54) is 16.7 Å². The van der Waals surface area contributed by atoms with Gasteiger partial charge < -0.3 is 55.8 Å². The van der Waals surface area contributed by atoms with Crippen LogP contribution >= 0.6 is 11.8 Å². The highest BCUT2D eigenvalue weighted by Gasteiger charge is 2.34. The second kappa shape index (κ2) is 18.1. The van der Waals surface area contributed by atoms with Crippen LogP contribution < -0.4 is 4.74 Å². The highest BCUT2D eigenvalue weighted by atomic mass is 32.2. The van der Waals surface area contributed by atoms with E-state index in [2.05, 4.69) is 0 Å². The van der Waals surface area contributed by atoms with Crippen LogP contribution in [0.15, 0.2) is 24.3 Å². The number of nitrogens with zero attached hydrogens (tertiary/aromatic N) is 1. The van der Waals surface area contributed by atoms with Gasteiger partial charge >= 0.3 is 0 Å². The highest BCUT2D eigenvalue weighted by molar-refractivity contribution is 8.13. The van der Waals surface area contributed by atoms with Gasteiger partial charge in [-0.05, 0) is 17.7 Å². The minimum atomic E-state index is -1.87. The van der Waals surface area contributed by atoms with Gasteiger partial charge in [0.2, 0.25) is 0 Å². The molecule has 0 saturated carbocycles. The standard InChI is InChI=1S/C25H43NO12S/c1-14(2)25(37)39-13-15-3-5-16(6-4-15)38-8-7-26(9-17(29)21(33)23(35)19(31)11-27)10-18(30)22(34)24(36)20(32)12-28/h3-6,14,17-24,27-36H,7-13H2,1-2H3. The van der Waals surface area contributed by atoms with Crippen molar-refractivity contribution in [2.45, 2.75) is 68.4 Å². The monoisotopic (exact) mass is 581 g/mol. The molecule has 39 heavy (non-hydrogen) atoms. The number of hydrogen-bond donors (Lipinski definition) is 10. The average Bonchev–Trinajstić information content (AvgIpc) is 2.93. The fourth-order valence-corrected chi connectivity index (χ4v) is 4.26. The van der Waals surface area contributed by atoms with Gasteiger partial charge in [-0.15, -0.1) is 0 Å². The summed E-state index contributed by atoms with van der Waals surface area (Å²) in [6.07, 6.45) is -14.2. The normalized spacial score (nSPS) is 18.3. The van der Waals surface area contributed by atoms with E-state index in [1.54, 1.807) is 24.3 Å². The first-order chi connectivity index (χ1) is 18.3. The molecule has 0 heterocycles. The number of rotatable bonds is 19. The maximum atomic E-state index is 11.8. The third-order valence-corrected chi connectivity index (χ3v) is 7.23. The van der Waals surface area contributed by atoms with Crippen LogP contribution in [-0.4, -0.2) is 149 Å². The van der Waals surface area contributed by atoms with Crippen LogP contribution in [0.5, 0.6) is 5.75 Å². The number of aliphatic hydroxyl groups is 10. The summed E-state index contributed by atoms with van der Waals surface area (Å²) in [5.41, 5.74) is 0.921. The molecule has 13 nitrogen and oxygen atoms in total. The molecule has 14 heteroatoms. The summed E-state index contributed by atoms with van der Waals surface area (Å²) >= 11 is 1.22. The molecule has 8 unspecified atom stereocenters. The highest BCUT2D eigenvalue weighted by Crippen LogP contribution is 2.20. The zero-order valence-electron chi connectivity index (χ0n) is 22.1. The Balaban J connectivity index is 2.82. The van der Waals surface area contributed by atoms with Crippen molar-refractivity contribution in [2.24, 2.45) is 5.92 Å². The second-order valence-electron chi connectivity index (χ2n) is 9.61. The molecular formula is C25H43NO12S. The summed E-state index contributed by atoms with van der Waals surface area (Å²) in [6.45, 7) is 1.20. The molecule has 0 aliphatic heterocycles. The third kappa shape index (κ3) is 12.3. The van der Waals surface area contributed by atoms with Crippen LogP contribution in [-0.2, 0) is 10.5 Å². The summed E-state index contributed by atoms with van der Waals surface area (Å²) in [6, 6.07) is 7.01. The van der Waals surface area contributed by atoms with Crippen molar-refractivity contribution in [3.8, 4) is 5.75 Å². The Morgan fingerprint density at radius 2 is 1.21 bits per heavy atom. The molecule has 0 saturated heterocycles. The molecule has 1 rings (SSSR count). The van der Waals surface area contributed by atoms with Crippen LogP contribution in [0.3, 0.4) is 0 Å². The lowest BCUT2D eigenvalue weighted by Gasteiger charge is -2.33. The van der Waals surface area contributed by atoms with Crippen LogP contribution in [0.1, 0.15) is 19.4 Å². The molecule has 0 amide bonds. The van der Waals surface area contributed by atoms with Gasteiger partial charge in [0.05, 0.1) is 25.4 Å². The predicted octanol–water partition coefficient (Wildman–Crippen LogP) is -3.34. The quantitative estimate of drug-likeness (QED) is 0.0770. The Morgan fingerprint density at radius 3 is 1.62 bits per heavy atom. The van der Waals surface area contributed by atoms with E-state index in [0.29, 0.717) is 11.5 Å². The maximum absolute atomic E-state index is 11.8. The van der Waals surface area contributed by atoms with E-state index in [-0.39, 0.29) is 37.3 Å². The first kappa shape index (κ1) is 35.6. The zero-order chi connectivity index (χ0) is 29.7. The fourth-order valence-electron chi connectivity index (χ4n) is 3.42. The van der Waals surface area contributed by atoms with Gasteiger partial charge in [0.25, 0.3) is 0 Å². The van der Waals surface area contributed by atoms with E-state index < -0.39 is 62.0 Å². The number of aliphatic hydroxyl groups excluding tert-OH is 10. The van der Waals surface area contributed by atoms with Crippen molar-refractivity contribution in [2.75, 3.05) is 39.5 Å². The number of thioether (sulfide) groups is 1. The molecule has 0 bridgehead atoms. The molecule has 0 radical (unpaired) electrons. The van der Waals surface area contributed by atoms with Gasteiger partial charge in [-0.25, -0.2) is 0 Å². The number of ether oxygens (including phenoxy) is 1. The molecule has 0 fully saturated rings. The Bertz CT molecular complexity index is 787.